The molecule has 0 aliphatic rings. The molecule has 0 spiro atoms. The predicted octanol–water partition coefficient (Wildman–Crippen LogP) is -0.659. The molecule has 0 rings (SSSR count). The van der Waals surface area contributed by atoms with Gasteiger partial charge in [-0.15, -0.1) is 0 Å². The zero-order valence-corrected chi connectivity index (χ0v) is 14.1. The van der Waals surface area contributed by atoms with E-state index in [0.29, 0.717) is 0 Å². The first kappa shape index (κ1) is 19.2. The first-order valence-electron chi connectivity index (χ1n) is 5.22. The maximum Gasteiger partial charge on any atom is 1.00 e. The number of rotatable bonds is 4. The molecule has 0 amide bonds. The second-order valence-corrected chi connectivity index (χ2v) is 14.5. The van der Waals surface area contributed by atoms with Crippen molar-refractivity contribution in [1.82, 2.24) is 0 Å². The monoisotopic (exact) mass is 268 g/mol. The average Bonchev–Trinajstić information content (AvgIpc) is 1.96. The van der Waals surface area contributed by atoms with E-state index in [1.54, 1.807) is 0 Å². The third-order valence-corrected chi connectivity index (χ3v) is 3.01. The predicted molar refractivity (Wildman–Crippen MR) is 67.8 cm³/mol. The fourth-order valence-corrected chi connectivity index (χ4v) is 2.21. The summed E-state index contributed by atoms with van der Waals surface area (Å²) >= 11 is 0. The minimum absolute atomic E-state index is 0. The van der Waals surface area contributed by atoms with Gasteiger partial charge in [-0.3, -0.25) is 9.59 Å². The van der Waals surface area contributed by atoms with Crippen LogP contribution in [-0.4, -0.2) is 28.6 Å². The van der Waals surface area contributed by atoms with E-state index in [2.05, 4.69) is 0 Å². The number of carbonyl (C=O) groups is 2. The van der Waals surface area contributed by atoms with Crippen LogP contribution in [0.2, 0.25) is 39.3 Å². The van der Waals surface area contributed by atoms with E-state index in [9.17, 15) is 9.59 Å². The third-order valence-electron chi connectivity index (χ3n) is 1.41. The Balaban J connectivity index is 0. The van der Waals surface area contributed by atoms with Gasteiger partial charge in [-0.25, -0.2) is 0 Å². The summed E-state index contributed by atoms with van der Waals surface area (Å²) in [5.74, 6) is -1.07. The number of hydrogen-bond acceptors (Lipinski definition) is 4. The molecular formula is C10H21LiO4Si2. The van der Waals surface area contributed by atoms with Gasteiger partial charge in [0.05, 0.1) is 0 Å². The topological polar surface area (TPSA) is 52.6 Å². The Labute approximate surface area is 118 Å². The van der Waals surface area contributed by atoms with E-state index < -0.39 is 28.6 Å². The van der Waals surface area contributed by atoms with Gasteiger partial charge >= 0.3 is 18.9 Å². The normalized spacial score (nSPS) is 11.2. The maximum absolute atomic E-state index is 11.6. The molecule has 0 unspecified atom stereocenters. The molecule has 17 heavy (non-hydrogen) atoms. The largest absolute Gasteiger partial charge is 1.00 e. The molecule has 0 aromatic heterocycles. The Kier molecular flexibility index (Phi) is 7.55. The van der Waals surface area contributed by atoms with Crippen LogP contribution >= 0.6 is 0 Å². The Morgan fingerprint density at radius 3 is 1.24 bits per heavy atom. The van der Waals surface area contributed by atoms with Gasteiger partial charge < -0.3 is 8.85 Å². The molecule has 0 fully saturated rings. The van der Waals surface area contributed by atoms with Crippen LogP contribution in [0.3, 0.4) is 0 Å². The third kappa shape index (κ3) is 9.53. The summed E-state index contributed by atoms with van der Waals surface area (Å²) in [6.45, 7) is 12.8. The van der Waals surface area contributed by atoms with Crippen LogP contribution in [-0.2, 0) is 18.4 Å². The number of hydrogen-bond donors (Lipinski definition) is 0. The standard InChI is InChI=1S/C10H21O4Si2.Li/c1-8(9(11)13-15(2,3)4)10(12)14-16(5,6)7;/h1-7H3;/q-1;+1. The molecule has 94 valence electrons. The van der Waals surface area contributed by atoms with Gasteiger partial charge in [0.1, 0.15) is 0 Å². The zero-order valence-electron chi connectivity index (χ0n) is 12.1. The van der Waals surface area contributed by atoms with E-state index in [0.717, 1.165) is 0 Å². The quantitative estimate of drug-likeness (QED) is 0.386. The first-order valence-corrected chi connectivity index (χ1v) is 12.0. The summed E-state index contributed by atoms with van der Waals surface area (Å²) in [6.07, 6.45) is 0. The van der Waals surface area contributed by atoms with Gasteiger partial charge in [0, 0.05) is 0 Å². The van der Waals surface area contributed by atoms with E-state index in [1.807, 2.05) is 39.3 Å². The molecule has 0 aliphatic carbocycles. The first-order chi connectivity index (χ1) is 6.92. The second-order valence-electron chi connectivity index (χ2n) is 5.63. The Morgan fingerprint density at radius 1 is 0.824 bits per heavy atom. The molecule has 0 aliphatic heterocycles. The van der Waals surface area contributed by atoms with Crippen molar-refractivity contribution in [3.63, 3.8) is 0 Å². The molecule has 0 saturated carbocycles. The minimum atomic E-state index is -1.95. The maximum atomic E-state index is 11.6. The number of carbonyl (C=O) groups excluding carboxylic acids is 2. The summed E-state index contributed by atoms with van der Waals surface area (Å²) in [7, 11) is -3.91. The van der Waals surface area contributed by atoms with Crippen molar-refractivity contribution in [3.05, 3.63) is 5.92 Å². The zero-order chi connectivity index (χ0) is 13.1. The van der Waals surface area contributed by atoms with Crippen molar-refractivity contribution in [1.29, 1.82) is 0 Å². The van der Waals surface area contributed by atoms with Gasteiger partial charge in [0.2, 0.25) is 16.6 Å². The molecule has 0 saturated heterocycles. The Hall–Kier alpha value is -0.159. The van der Waals surface area contributed by atoms with Gasteiger partial charge in [-0.1, -0.05) is 0 Å². The van der Waals surface area contributed by atoms with Crippen molar-refractivity contribution in [2.24, 2.45) is 0 Å². The molecule has 4 nitrogen and oxygen atoms in total. The summed E-state index contributed by atoms with van der Waals surface area (Å²) in [5.41, 5.74) is 0. The van der Waals surface area contributed by atoms with E-state index in [1.165, 1.54) is 6.92 Å². The average molecular weight is 268 g/mol. The second kappa shape index (κ2) is 6.69. The fraction of sp³-hybridized carbons (Fsp3) is 0.700. The van der Waals surface area contributed by atoms with Crippen LogP contribution in [0.1, 0.15) is 6.92 Å². The molecular weight excluding hydrogens is 247 g/mol. The molecule has 0 aromatic rings. The van der Waals surface area contributed by atoms with Crippen LogP contribution in [0.25, 0.3) is 0 Å². The summed E-state index contributed by atoms with van der Waals surface area (Å²) in [5, 5.41) is 0. The van der Waals surface area contributed by atoms with Crippen LogP contribution in [0.4, 0.5) is 0 Å². The van der Waals surface area contributed by atoms with Gasteiger partial charge in [-0.05, 0) is 39.3 Å². The molecule has 0 aromatic carbocycles. The summed E-state index contributed by atoms with van der Waals surface area (Å²) < 4.78 is 10.4. The van der Waals surface area contributed by atoms with Crippen LogP contribution < -0.4 is 18.9 Å². The van der Waals surface area contributed by atoms with Gasteiger partial charge in [-0.2, -0.15) is 12.8 Å². The molecule has 0 radical (unpaired) electrons. The van der Waals surface area contributed by atoms with Crippen LogP contribution in [0, 0.1) is 5.92 Å². The smallest absolute Gasteiger partial charge is 0.540 e. The SMILES string of the molecule is C[C-](C(=O)O[Si](C)(C)C)C(=O)O[Si](C)(C)C.[Li+]. The summed E-state index contributed by atoms with van der Waals surface area (Å²) in [6, 6.07) is 0. The van der Waals surface area contributed by atoms with Gasteiger partial charge in [0.15, 0.2) is 11.9 Å². The fourth-order valence-electron chi connectivity index (χ4n) is 0.793. The molecule has 7 heteroatoms. The molecule has 0 atom stereocenters. The molecule has 0 N–H and O–H groups in total. The van der Waals surface area contributed by atoms with E-state index in [-0.39, 0.29) is 24.8 Å². The van der Waals surface area contributed by atoms with Crippen LogP contribution in [0.15, 0.2) is 0 Å². The van der Waals surface area contributed by atoms with E-state index in [4.69, 9.17) is 8.85 Å². The van der Waals surface area contributed by atoms with E-state index >= 15 is 0 Å². The Morgan fingerprint density at radius 2 is 1.06 bits per heavy atom. The van der Waals surface area contributed by atoms with Crippen molar-refractivity contribution in [3.8, 4) is 0 Å². The van der Waals surface area contributed by atoms with Crippen molar-refractivity contribution in [2.75, 3.05) is 0 Å². The van der Waals surface area contributed by atoms with Crippen molar-refractivity contribution in [2.45, 2.75) is 46.2 Å². The minimum Gasteiger partial charge on any atom is -0.540 e. The summed E-state index contributed by atoms with van der Waals surface area (Å²) in [4.78, 5) is 23.2. The molecule has 0 heterocycles. The Bertz CT molecular complexity index is 253. The van der Waals surface area contributed by atoms with Crippen molar-refractivity contribution < 1.29 is 37.3 Å². The van der Waals surface area contributed by atoms with Crippen molar-refractivity contribution >= 4 is 28.6 Å². The van der Waals surface area contributed by atoms with Crippen LogP contribution in [0.5, 0.6) is 0 Å². The van der Waals surface area contributed by atoms with Gasteiger partial charge in [0.25, 0.3) is 0 Å². The molecule has 0 bridgehead atoms.